The molecule has 4 nitrogen and oxygen atoms in total. The number of amides is 1. The van der Waals surface area contributed by atoms with Crippen LogP contribution in [-0.4, -0.2) is 40.7 Å². The predicted octanol–water partition coefficient (Wildman–Crippen LogP) is 2.16. The van der Waals surface area contributed by atoms with Gasteiger partial charge in [-0.2, -0.15) is 0 Å². The first kappa shape index (κ1) is 13.4. The molecule has 1 atom stereocenters. The van der Waals surface area contributed by atoms with E-state index >= 15 is 0 Å². The second-order valence-electron chi connectivity index (χ2n) is 4.31. The molecule has 1 unspecified atom stereocenters. The minimum atomic E-state index is -0.776. The van der Waals surface area contributed by atoms with Crippen LogP contribution in [0.3, 0.4) is 0 Å². The molecule has 1 aliphatic heterocycles. The first-order valence-corrected chi connectivity index (χ1v) is 7.67. The Balaban J connectivity index is 1.75. The fraction of sp³-hybridized carbons (Fsp3) is 0.500. The molecule has 1 amide bonds. The third-order valence-electron chi connectivity index (χ3n) is 2.93. The van der Waals surface area contributed by atoms with Crippen molar-refractivity contribution in [1.82, 2.24) is 4.90 Å². The average molecular weight is 285 g/mol. The molecule has 98 valence electrons. The van der Waals surface area contributed by atoms with Gasteiger partial charge in [0.15, 0.2) is 0 Å². The Morgan fingerprint density at radius 1 is 1.56 bits per heavy atom. The summed E-state index contributed by atoms with van der Waals surface area (Å²) in [7, 11) is 0. The summed E-state index contributed by atoms with van der Waals surface area (Å²) in [6.07, 6.45) is 0.976. The molecule has 0 radical (unpaired) electrons. The van der Waals surface area contributed by atoms with Gasteiger partial charge >= 0.3 is 5.97 Å². The summed E-state index contributed by atoms with van der Waals surface area (Å²) in [5, 5.41) is 10.7. The molecule has 1 aromatic rings. The molecular weight excluding hydrogens is 270 g/mol. The van der Waals surface area contributed by atoms with Crippen LogP contribution in [0.4, 0.5) is 0 Å². The van der Waals surface area contributed by atoms with E-state index < -0.39 is 5.97 Å². The number of carboxylic acid groups (broad SMARTS) is 1. The number of hydrogen-bond acceptors (Lipinski definition) is 4. The SMILES string of the molecule is O=C(O)CC1CCN(C(=O)CSc2cccs2)C1. The van der Waals surface area contributed by atoms with Crippen LogP contribution in [0.5, 0.6) is 0 Å². The van der Waals surface area contributed by atoms with Crippen LogP contribution in [0, 0.1) is 5.92 Å². The van der Waals surface area contributed by atoms with Crippen LogP contribution in [-0.2, 0) is 9.59 Å². The van der Waals surface area contributed by atoms with Gasteiger partial charge in [0, 0.05) is 19.5 Å². The van der Waals surface area contributed by atoms with Crippen molar-refractivity contribution in [3.8, 4) is 0 Å². The molecule has 0 aromatic carbocycles. The molecule has 0 aliphatic carbocycles. The molecule has 0 spiro atoms. The van der Waals surface area contributed by atoms with Gasteiger partial charge in [0.05, 0.1) is 9.96 Å². The summed E-state index contributed by atoms with van der Waals surface area (Å²) in [4.78, 5) is 24.3. The van der Waals surface area contributed by atoms with Crippen molar-refractivity contribution in [2.24, 2.45) is 5.92 Å². The lowest BCUT2D eigenvalue weighted by atomic mass is 10.1. The number of aliphatic carboxylic acids is 1. The van der Waals surface area contributed by atoms with Crippen molar-refractivity contribution in [2.75, 3.05) is 18.8 Å². The monoisotopic (exact) mass is 285 g/mol. The van der Waals surface area contributed by atoms with E-state index in [0.29, 0.717) is 18.8 Å². The molecule has 2 heterocycles. The lowest BCUT2D eigenvalue weighted by Crippen LogP contribution is -2.30. The molecule has 1 aliphatic rings. The van der Waals surface area contributed by atoms with Crippen molar-refractivity contribution in [1.29, 1.82) is 0 Å². The number of thioether (sulfide) groups is 1. The molecule has 1 N–H and O–H groups in total. The van der Waals surface area contributed by atoms with Crippen LogP contribution in [0.25, 0.3) is 0 Å². The molecule has 0 bridgehead atoms. The zero-order chi connectivity index (χ0) is 13.0. The largest absolute Gasteiger partial charge is 0.481 e. The third-order valence-corrected chi connectivity index (χ3v) is 5.05. The molecule has 6 heteroatoms. The number of rotatable bonds is 5. The molecule has 1 fully saturated rings. The molecule has 2 rings (SSSR count). The van der Waals surface area contributed by atoms with Gasteiger partial charge in [-0.3, -0.25) is 9.59 Å². The standard InChI is InChI=1S/C12H15NO3S2/c14-10(8-18-12-2-1-5-17-12)13-4-3-9(7-13)6-11(15)16/h1-2,5,9H,3-4,6-8H2,(H,15,16). The predicted molar refractivity (Wildman–Crippen MR) is 72.0 cm³/mol. The topological polar surface area (TPSA) is 57.6 Å². The maximum absolute atomic E-state index is 11.9. The fourth-order valence-electron chi connectivity index (χ4n) is 2.04. The maximum atomic E-state index is 11.9. The Labute approximate surface area is 114 Å². The van der Waals surface area contributed by atoms with Crippen molar-refractivity contribution >= 4 is 35.0 Å². The minimum absolute atomic E-state index is 0.112. The lowest BCUT2D eigenvalue weighted by molar-refractivity contribution is -0.138. The van der Waals surface area contributed by atoms with Crippen molar-refractivity contribution in [2.45, 2.75) is 17.1 Å². The second-order valence-corrected chi connectivity index (χ2v) is 6.54. The highest BCUT2D eigenvalue weighted by Gasteiger charge is 2.27. The third kappa shape index (κ3) is 3.74. The van der Waals surface area contributed by atoms with E-state index in [-0.39, 0.29) is 18.2 Å². The lowest BCUT2D eigenvalue weighted by Gasteiger charge is -2.15. The van der Waals surface area contributed by atoms with E-state index in [1.165, 1.54) is 0 Å². The van der Waals surface area contributed by atoms with Crippen LogP contribution < -0.4 is 0 Å². The van der Waals surface area contributed by atoms with Crippen molar-refractivity contribution in [3.63, 3.8) is 0 Å². The average Bonchev–Trinajstić information content (AvgIpc) is 2.95. The number of carbonyl (C=O) groups is 2. The first-order chi connectivity index (χ1) is 8.65. The van der Waals surface area contributed by atoms with Gasteiger partial charge in [-0.25, -0.2) is 0 Å². The number of thiophene rings is 1. The van der Waals surface area contributed by atoms with Gasteiger partial charge in [-0.05, 0) is 23.8 Å². The number of likely N-dealkylation sites (tertiary alicyclic amines) is 1. The number of hydrogen-bond donors (Lipinski definition) is 1. The number of carboxylic acids is 1. The van der Waals surface area contributed by atoms with Crippen LogP contribution in [0.15, 0.2) is 21.7 Å². The van der Waals surface area contributed by atoms with E-state index in [4.69, 9.17) is 5.11 Å². The fourth-order valence-corrected chi connectivity index (χ4v) is 3.73. The second kappa shape index (κ2) is 6.24. The molecule has 18 heavy (non-hydrogen) atoms. The van der Waals surface area contributed by atoms with Crippen molar-refractivity contribution < 1.29 is 14.7 Å². The molecule has 1 saturated heterocycles. The summed E-state index contributed by atoms with van der Waals surface area (Å²) in [6, 6.07) is 3.97. The van der Waals surface area contributed by atoms with Gasteiger partial charge in [0.2, 0.25) is 5.91 Å². The smallest absolute Gasteiger partial charge is 0.303 e. The zero-order valence-electron chi connectivity index (χ0n) is 9.87. The van der Waals surface area contributed by atoms with Gasteiger partial charge in [-0.1, -0.05) is 6.07 Å². The van der Waals surface area contributed by atoms with E-state index in [0.717, 1.165) is 10.6 Å². The van der Waals surface area contributed by atoms with E-state index in [9.17, 15) is 9.59 Å². The minimum Gasteiger partial charge on any atom is -0.481 e. The molecule has 1 aromatic heterocycles. The highest BCUT2D eigenvalue weighted by molar-refractivity contribution is 8.01. The quantitative estimate of drug-likeness (QED) is 0.842. The highest BCUT2D eigenvalue weighted by Crippen LogP contribution is 2.25. The summed E-state index contributed by atoms with van der Waals surface area (Å²) >= 11 is 3.18. The maximum Gasteiger partial charge on any atom is 0.303 e. The summed E-state index contributed by atoms with van der Waals surface area (Å²) in [6.45, 7) is 1.29. The Kier molecular flexibility index (Phi) is 4.66. The van der Waals surface area contributed by atoms with E-state index in [2.05, 4.69) is 0 Å². The van der Waals surface area contributed by atoms with Gasteiger partial charge in [-0.15, -0.1) is 23.1 Å². The number of nitrogens with zero attached hydrogens (tertiary/aromatic N) is 1. The summed E-state index contributed by atoms with van der Waals surface area (Å²) in [5.41, 5.74) is 0. The highest BCUT2D eigenvalue weighted by atomic mass is 32.2. The Bertz CT molecular complexity index is 419. The van der Waals surface area contributed by atoms with E-state index in [1.807, 2.05) is 17.5 Å². The Hall–Kier alpha value is -1.01. The summed E-state index contributed by atoms with van der Waals surface area (Å²) in [5.74, 6) is -0.0953. The van der Waals surface area contributed by atoms with Gasteiger partial charge in [0.25, 0.3) is 0 Å². The summed E-state index contributed by atoms with van der Waals surface area (Å²) < 4.78 is 1.14. The van der Waals surface area contributed by atoms with Crippen LogP contribution >= 0.6 is 23.1 Å². The normalized spacial score (nSPS) is 19.1. The Morgan fingerprint density at radius 2 is 2.39 bits per heavy atom. The van der Waals surface area contributed by atoms with Crippen molar-refractivity contribution in [3.05, 3.63) is 17.5 Å². The van der Waals surface area contributed by atoms with Crippen LogP contribution in [0.2, 0.25) is 0 Å². The molecular formula is C12H15NO3S2. The Morgan fingerprint density at radius 3 is 3.06 bits per heavy atom. The zero-order valence-corrected chi connectivity index (χ0v) is 11.5. The van der Waals surface area contributed by atoms with E-state index in [1.54, 1.807) is 28.0 Å². The molecule has 0 saturated carbocycles. The first-order valence-electron chi connectivity index (χ1n) is 5.81. The van der Waals surface area contributed by atoms with Crippen LogP contribution in [0.1, 0.15) is 12.8 Å². The number of carbonyl (C=O) groups excluding carboxylic acids is 1. The van der Waals surface area contributed by atoms with Gasteiger partial charge < -0.3 is 10.0 Å². The van der Waals surface area contributed by atoms with Gasteiger partial charge in [0.1, 0.15) is 0 Å².